The van der Waals surface area contributed by atoms with Crippen LogP contribution < -0.4 is 0 Å². The summed E-state index contributed by atoms with van der Waals surface area (Å²) in [6.07, 6.45) is 5.43. The standard InChI is InChI=1S/C21H33NO4/c1-12-6-5-7-20(4)8-16-17(18-21(12,20)26-18)15(19(23)25-16)11-22-9-13(2)24-14(3)10-22/h12-18H,5-11H2,1-4H3/t12-,13+,14+,15-,16+,17+,18-,20+,21+/m0/s1. The molecule has 5 aliphatic rings. The van der Waals surface area contributed by atoms with Crippen molar-refractivity contribution in [3.05, 3.63) is 0 Å². The molecule has 2 saturated carbocycles. The maximum Gasteiger partial charge on any atom is 0.311 e. The summed E-state index contributed by atoms with van der Waals surface area (Å²) in [5, 5.41) is 0. The maximum absolute atomic E-state index is 12.8. The fourth-order valence-electron chi connectivity index (χ4n) is 7.15. The summed E-state index contributed by atoms with van der Waals surface area (Å²) in [5.74, 6) is 0.796. The Morgan fingerprint density at radius 1 is 1.19 bits per heavy atom. The number of nitrogens with zero attached hydrogens (tertiary/aromatic N) is 1. The van der Waals surface area contributed by atoms with Gasteiger partial charge in [-0.1, -0.05) is 20.3 Å². The molecule has 0 aromatic rings. The molecule has 0 aromatic heterocycles. The topological polar surface area (TPSA) is 51.3 Å². The van der Waals surface area contributed by atoms with Crippen LogP contribution in [0.4, 0.5) is 0 Å². The van der Waals surface area contributed by atoms with E-state index >= 15 is 0 Å². The molecule has 26 heavy (non-hydrogen) atoms. The molecule has 0 unspecified atom stereocenters. The maximum atomic E-state index is 12.8. The first-order valence-corrected chi connectivity index (χ1v) is 10.6. The van der Waals surface area contributed by atoms with Gasteiger partial charge in [0.15, 0.2) is 0 Å². The van der Waals surface area contributed by atoms with Gasteiger partial charge in [-0.05, 0) is 39.0 Å². The van der Waals surface area contributed by atoms with E-state index in [-0.39, 0.29) is 53.2 Å². The Bertz CT molecular complexity index is 601. The van der Waals surface area contributed by atoms with Gasteiger partial charge in [0.1, 0.15) is 11.7 Å². The van der Waals surface area contributed by atoms with Gasteiger partial charge in [-0.3, -0.25) is 9.69 Å². The molecule has 5 nitrogen and oxygen atoms in total. The second kappa shape index (κ2) is 5.68. The Morgan fingerprint density at radius 2 is 1.92 bits per heavy atom. The molecule has 0 bridgehead atoms. The Balaban J connectivity index is 1.38. The van der Waals surface area contributed by atoms with Gasteiger partial charge in [-0.15, -0.1) is 0 Å². The molecule has 3 aliphatic heterocycles. The average molecular weight is 363 g/mol. The number of carbonyl (C=O) groups is 1. The van der Waals surface area contributed by atoms with E-state index in [1.165, 1.54) is 19.3 Å². The quantitative estimate of drug-likeness (QED) is 0.558. The Hall–Kier alpha value is -0.650. The third kappa shape index (κ3) is 2.29. The molecule has 3 heterocycles. The summed E-state index contributed by atoms with van der Waals surface area (Å²) in [6.45, 7) is 11.6. The summed E-state index contributed by atoms with van der Waals surface area (Å²) in [7, 11) is 0. The second-order valence-corrected chi connectivity index (χ2v) is 10.0. The van der Waals surface area contributed by atoms with Crippen LogP contribution in [-0.2, 0) is 19.0 Å². The number of esters is 1. The molecular formula is C21H33NO4. The van der Waals surface area contributed by atoms with Gasteiger partial charge >= 0.3 is 5.97 Å². The Morgan fingerprint density at radius 3 is 2.65 bits per heavy atom. The van der Waals surface area contributed by atoms with Gasteiger partial charge in [-0.25, -0.2) is 0 Å². The first-order valence-electron chi connectivity index (χ1n) is 10.6. The molecule has 0 aromatic carbocycles. The van der Waals surface area contributed by atoms with Crippen LogP contribution in [0.15, 0.2) is 0 Å². The van der Waals surface area contributed by atoms with Gasteiger partial charge < -0.3 is 14.2 Å². The van der Waals surface area contributed by atoms with E-state index in [2.05, 4.69) is 32.6 Å². The van der Waals surface area contributed by atoms with E-state index in [0.717, 1.165) is 26.1 Å². The van der Waals surface area contributed by atoms with Crippen molar-refractivity contribution in [2.75, 3.05) is 19.6 Å². The van der Waals surface area contributed by atoms with Gasteiger partial charge in [-0.2, -0.15) is 0 Å². The van der Waals surface area contributed by atoms with Crippen LogP contribution in [0.2, 0.25) is 0 Å². The van der Waals surface area contributed by atoms with Crippen molar-refractivity contribution in [1.29, 1.82) is 0 Å². The number of hydrogen-bond donors (Lipinski definition) is 0. The van der Waals surface area contributed by atoms with Crippen LogP contribution in [-0.4, -0.2) is 60.5 Å². The zero-order valence-corrected chi connectivity index (χ0v) is 16.6. The van der Waals surface area contributed by atoms with E-state index < -0.39 is 0 Å². The molecule has 3 saturated heterocycles. The molecule has 5 fully saturated rings. The number of morpholine rings is 1. The number of epoxide rings is 1. The predicted molar refractivity (Wildman–Crippen MR) is 96.7 cm³/mol. The summed E-state index contributed by atoms with van der Waals surface area (Å²) < 4.78 is 18.3. The lowest BCUT2D eigenvalue weighted by Crippen LogP contribution is -2.55. The first kappa shape index (κ1) is 17.4. The lowest BCUT2D eigenvalue weighted by atomic mass is 9.53. The minimum atomic E-state index is -0.0412. The summed E-state index contributed by atoms with van der Waals surface area (Å²) >= 11 is 0. The normalized spacial score (nSPS) is 56.3. The molecule has 146 valence electrons. The van der Waals surface area contributed by atoms with Crippen molar-refractivity contribution >= 4 is 5.97 Å². The fourth-order valence-corrected chi connectivity index (χ4v) is 7.15. The molecule has 1 spiro atoms. The third-order valence-corrected chi connectivity index (χ3v) is 8.14. The molecule has 0 radical (unpaired) electrons. The monoisotopic (exact) mass is 363 g/mol. The van der Waals surface area contributed by atoms with Crippen molar-refractivity contribution in [2.24, 2.45) is 23.2 Å². The van der Waals surface area contributed by atoms with E-state index in [0.29, 0.717) is 5.92 Å². The zero-order valence-electron chi connectivity index (χ0n) is 16.6. The van der Waals surface area contributed by atoms with Gasteiger partial charge in [0.2, 0.25) is 0 Å². The van der Waals surface area contributed by atoms with Crippen LogP contribution in [0.3, 0.4) is 0 Å². The highest BCUT2D eigenvalue weighted by atomic mass is 16.6. The van der Waals surface area contributed by atoms with Crippen LogP contribution in [0, 0.1) is 23.2 Å². The number of rotatable bonds is 2. The largest absolute Gasteiger partial charge is 0.462 e. The highest BCUT2D eigenvalue weighted by Gasteiger charge is 2.78. The van der Waals surface area contributed by atoms with Crippen LogP contribution in [0.1, 0.15) is 53.4 Å². The lowest BCUT2D eigenvalue weighted by Gasteiger charge is -2.49. The molecule has 9 atom stereocenters. The number of fused-ring (bicyclic) bond motifs is 2. The van der Waals surface area contributed by atoms with Crippen molar-refractivity contribution in [3.8, 4) is 0 Å². The molecule has 0 N–H and O–H groups in total. The molecular weight excluding hydrogens is 330 g/mol. The predicted octanol–water partition coefficient (Wildman–Crippen LogP) is 2.62. The van der Waals surface area contributed by atoms with E-state index in [1.54, 1.807) is 0 Å². The van der Waals surface area contributed by atoms with E-state index in [1.807, 2.05) is 0 Å². The fraction of sp³-hybridized carbons (Fsp3) is 0.952. The zero-order chi connectivity index (χ0) is 18.3. The second-order valence-electron chi connectivity index (χ2n) is 10.0. The number of carbonyl (C=O) groups excluding carboxylic acids is 1. The van der Waals surface area contributed by atoms with E-state index in [4.69, 9.17) is 14.2 Å². The third-order valence-electron chi connectivity index (χ3n) is 8.14. The van der Waals surface area contributed by atoms with Crippen molar-refractivity contribution in [3.63, 3.8) is 0 Å². The average Bonchev–Trinajstić information content (AvgIpc) is 3.22. The van der Waals surface area contributed by atoms with Gasteiger partial charge in [0.05, 0.1) is 24.2 Å². The lowest BCUT2D eigenvalue weighted by molar-refractivity contribution is -0.147. The highest BCUT2D eigenvalue weighted by Crippen LogP contribution is 2.70. The van der Waals surface area contributed by atoms with Gasteiger partial charge in [0.25, 0.3) is 0 Å². The summed E-state index contributed by atoms with van der Waals surface area (Å²) in [5.41, 5.74) is 0.178. The summed E-state index contributed by atoms with van der Waals surface area (Å²) in [6, 6.07) is 0. The van der Waals surface area contributed by atoms with Crippen LogP contribution >= 0.6 is 0 Å². The Kier molecular flexibility index (Phi) is 3.81. The number of ether oxygens (including phenoxy) is 3. The van der Waals surface area contributed by atoms with Crippen LogP contribution in [0.5, 0.6) is 0 Å². The minimum absolute atomic E-state index is 0.00421. The molecule has 2 aliphatic carbocycles. The Labute approximate surface area is 156 Å². The first-order chi connectivity index (χ1) is 12.3. The SMILES string of the molecule is C[C@@H]1CN(C[C@@H]2C(=O)O[C@@H]3C[C@@]4(C)CCC[C@H](C)[C@]45O[C@H]5[C@H]23)C[C@@H](C)O1. The van der Waals surface area contributed by atoms with Crippen molar-refractivity contribution in [1.82, 2.24) is 4.90 Å². The molecule has 5 rings (SSSR count). The van der Waals surface area contributed by atoms with Crippen LogP contribution in [0.25, 0.3) is 0 Å². The summed E-state index contributed by atoms with van der Waals surface area (Å²) in [4.78, 5) is 15.2. The van der Waals surface area contributed by atoms with Gasteiger partial charge in [0, 0.05) is 31.0 Å². The number of hydrogen-bond acceptors (Lipinski definition) is 5. The highest BCUT2D eigenvalue weighted by molar-refractivity contribution is 5.76. The minimum Gasteiger partial charge on any atom is -0.462 e. The van der Waals surface area contributed by atoms with Crippen molar-refractivity contribution in [2.45, 2.75) is 83.4 Å². The molecule has 0 amide bonds. The van der Waals surface area contributed by atoms with E-state index in [9.17, 15) is 4.79 Å². The smallest absolute Gasteiger partial charge is 0.311 e. The molecule has 5 heteroatoms. The van der Waals surface area contributed by atoms with Crippen molar-refractivity contribution < 1.29 is 19.0 Å².